The van der Waals surface area contributed by atoms with Gasteiger partial charge in [-0.15, -0.1) is 0 Å². The number of carbonyl (C=O) groups excluding carboxylic acids is 1. The first-order valence-electron chi connectivity index (χ1n) is 9.27. The molecule has 0 aliphatic carbocycles. The van der Waals surface area contributed by atoms with Crippen molar-refractivity contribution in [2.24, 2.45) is 0 Å². The van der Waals surface area contributed by atoms with Crippen molar-refractivity contribution in [1.82, 2.24) is 20.9 Å². The Labute approximate surface area is 177 Å². The molecule has 1 amide bonds. The summed E-state index contributed by atoms with van der Waals surface area (Å²) in [6, 6.07) is 4.30. The highest BCUT2D eigenvalue weighted by Gasteiger charge is 2.22. The molecule has 7 nitrogen and oxygen atoms in total. The zero-order chi connectivity index (χ0) is 23.1. The second kappa shape index (κ2) is 10.4. The molecule has 31 heavy (non-hydrogen) atoms. The summed E-state index contributed by atoms with van der Waals surface area (Å²) in [4.78, 5) is 16.4. The number of nitrogens with zero attached hydrogens (tertiary/aromatic N) is 1. The Kier molecular flexibility index (Phi) is 7.89. The van der Waals surface area contributed by atoms with E-state index < -0.39 is 29.8 Å². The lowest BCUT2D eigenvalue weighted by Gasteiger charge is -2.20. The highest BCUT2D eigenvalue weighted by Crippen LogP contribution is 2.27. The Morgan fingerprint density at radius 3 is 2.45 bits per heavy atom. The topological polar surface area (TPSA) is 114 Å². The minimum atomic E-state index is -2.97. The van der Waals surface area contributed by atoms with Gasteiger partial charge in [0.1, 0.15) is 11.7 Å². The van der Waals surface area contributed by atoms with Crippen molar-refractivity contribution in [1.29, 1.82) is 10.8 Å². The second-order valence-electron chi connectivity index (χ2n) is 6.52. The van der Waals surface area contributed by atoms with Gasteiger partial charge in [-0.25, -0.2) is 13.2 Å². The molecule has 0 fully saturated rings. The number of rotatable bonds is 8. The lowest BCUT2D eigenvalue weighted by Crippen LogP contribution is -2.31. The summed E-state index contributed by atoms with van der Waals surface area (Å²) in [5.74, 6) is -1.77. The number of hydrogen-bond donors (Lipinski definition) is 5. The van der Waals surface area contributed by atoms with Crippen molar-refractivity contribution in [3.63, 3.8) is 0 Å². The van der Waals surface area contributed by atoms with E-state index in [1.807, 2.05) is 0 Å². The van der Waals surface area contributed by atoms with Crippen LogP contribution in [0.5, 0.6) is 0 Å². The van der Waals surface area contributed by atoms with Crippen LogP contribution < -0.4 is 16.0 Å². The molecular formula is C21H23F3N6O. The maximum atomic E-state index is 14.5. The smallest absolute Gasteiger partial charge is 0.266 e. The fourth-order valence-electron chi connectivity index (χ4n) is 2.92. The first-order valence-corrected chi connectivity index (χ1v) is 9.27. The standard InChI is InChI=1S/C21H23F3N6O/c1-11(13-5-4-6-14(18(13)22)19(23)24)30-20(26)15-7-17(12(8-25)9-27-2)29-10-16(15)21(31)28-3/h4-11,19,25,27H,1-3H3,(H2,26,30)(H,28,31)/b12-9+,25-8?/t11-/m1/s1. The van der Waals surface area contributed by atoms with Gasteiger partial charge in [0.2, 0.25) is 0 Å². The van der Waals surface area contributed by atoms with E-state index in [4.69, 9.17) is 10.8 Å². The molecule has 0 saturated carbocycles. The SMILES string of the molecule is CN/C=C(\C=N)c1cc(C(=N)N[C@H](C)c2cccc(C(F)F)c2F)c(C(=O)NC)cn1. The van der Waals surface area contributed by atoms with E-state index >= 15 is 0 Å². The van der Waals surface area contributed by atoms with Gasteiger partial charge < -0.3 is 21.4 Å². The van der Waals surface area contributed by atoms with Crippen molar-refractivity contribution in [3.05, 3.63) is 70.4 Å². The maximum absolute atomic E-state index is 14.5. The molecule has 5 N–H and O–H groups in total. The third-order valence-corrected chi connectivity index (χ3v) is 4.52. The van der Waals surface area contributed by atoms with E-state index in [-0.39, 0.29) is 22.5 Å². The molecule has 0 radical (unpaired) electrons. The average Bonchev–Trinajstić information content (AvgIpc) is 2.76. The first kappa shape index (κ1) is 23.6. The van der Waals surface area contributed by atoms with Gasteiger partial charge in [-0.1, -0.05) is 18.2 Å². The summed E-state index contributed by atoms with van der Waals surface area (Å²) >= 11 is 0. The summed E-state index contributed by atoms with van der Waals surface area (Å²) in [6.07, 6.45) is 0.902. The van der Waals surface area contributed by atoms with Gasteiger partial charge in [0.05, 0.1) is 22.9 Å². The molecule has 0 bridgehead atoms. The Morgan fingerprint density at radius 2 is 1.87 bits per heavy atom. The van der Waals surface area contributed by atoms with Crippen LogP contribution in [-0.4, -0.2) is 37.0 Å². The molecule has 0 aliphatic heterocycles. The fourth-order valence-corrected chi connectivity index (χ4v) is 2.92. The summed E-state index contributed by atoms with van der Waals surface area (Å²) < 4.78 is 40.5. The highest BCUT2D eigenvalue weighted by molar-refractivity contribution is 6.11. The Balaban J connectivity index is 2.45. The van der Waals surface area contributed by atoms with Crippen LogP contribution in [0.3, 0.4) is 0 Å². The van der Waals surface area contributed by atoms with E-state index in [2.05, 4.69) is 20.9 Å². The number of halogens is 3. The zero-order valence-corrected chi connectivity index (χ0v) is 17.2. The first-order chi connectivity index (χ1) is 14.7. The van der Waals surface area contributed by atoms with Crippen LogP contribution in [-0.2, 0) is 0 Å². The molecule has 1 heterocycles. The molecule has 2 aromatic rings. The van der Waals surface area contributed by atoms with Crippen molar-refractivity contribution >= 4 is 23.5 Å². The summed E-state index contributed by atoms with van der Waals surface area (Å²) in [5, 5.41) is 24.0. The molecule has 1 aromatic heterocycles. The minimum Gasteiger partial charge on any atom is -0.393 e. The molecule has 10 heteroatoms. The van der Waals surface area contributed by atoms with Crippen LogP contribution in [0.15, 0.2) is 36.7 Å². The normalized spacial score (nSPS) is 12.3. The minimum absolute atomic E-state index is 0.0337. The number of amides is 1. The molecule has 0 aliphatic rings. The van der Waals surface area contributed by atoms with Crippen molar-refractivity contribution in [2.45, 2.75) is 19.4 Å². The number of hydrogen-bond acceptors (Lipinski definition) is 5. The lowest BCUT2D eigenvalue weighted by molar-refractivity contribution is 0.0962. The zero-order valence-electron chi connectivity index (χ0n) is 17.2. The molecular weight excluding hydrogens is 409 g/mol. The molecule has 2 rings (SSSR count). The predicted molar refractivity (Wildman–Crippen MR) is 113 cm³/mol. The van der Waals surface area contributed by atoms with Crippen LogP contribution in [0.2, 0.25) is 0 Å². The Bertz CT molecular complexity index is 1020. The molecule has 164 valence electrons. The van der Waals surface area contributed by atoms with E-state index in [1.165, 1.54) is 44.6 Å². The van der Waals surface area contributed by atoms with Crippen LogP contribution in [0.1, 0.15) is 52.1 Å². The number of pyridine rings is 1. The number of benzene rings is 1. The largest absolute Gasteiger partial charge is 0.393 e. The number of nitrogens with one attached hydrogen (secondary N) is 5. The molecule has 0 unspecified atom stereocenters. The fraction of sp³-hybridized carbons (Fsp3) is 0.238. The van der Waals surface area contributed by atoms with Gasteiger partial charge >= 0.3 is 0 Å². The number of carbonyl (C=O) groups is 1. The number of allylic oxidation sites excluding steroid dienone is 1. The van der Waals surface area contributed by atoms with Crippen molar-refractivity contribution < 1.29 is 18.0 Å². The number of amidine groups is 1. The van der Waals surface area contributed by atoms with Crippen LogP contribution in [0.25, 0.3) is 5.57 Å². The Hall–Kier alpha value is -3.69. The van der Waals surface area contributed by atoms with Gasteiger partial charge in [-0.2, -0.15) is 0 Å². The van der Waals surface area contributed by atoms with E-state index in [9.17, 15) is 18.0 Å². The summed E-state index contributed by atoms with van der Waals surface area (Å²) in [5.41, 5.74) is 0.231. The summed E-state index contributed by atoms with van der Waals surface area (Å²) in [6.45, 7) is 1.52. The van der Waals surface area contributed by atoms with E-state index in [1.54, 1.807) is 7.05 Å². The molecule has 1 aromatic carbocycles. The number of aromatic nitrogens is 1. The molecule has 0 saturated heterocycles. The molecule has 0 spiro atoms. The van der Waals surface area contributed by atoms with E-state index in [0.29, 0.717) is 11.3 Å². The lowest BCUT2D eigenvalue weighted by atomic mass is 10.0. The van der Waals surface area contributed by atoms with Gasteiger partial charge in [0.25, 0.3) is 12.3 Å². The van der Waals surface area contributed by atoms with Crippen LogP contribution >= 0.6 is 0 Å². The third kappa shape index (κ3) is 5.27. The third-order valence-electron chi connectivity index (χ3n) is 4.52. The predicted octanol–water partition coefficient (Wildman–Crippen LogP) is 3.40. The van der Waals surface area contributed by atoms with Gasteiger partial charge in [-0.05, 0) is 13.0 Å². The average molecular weight is 432 g/mol. The van der Waals surface area contributed by atoms with Gasteiger partial charge in [0.15, 0.2) is 0 Å². The van der Waals surface area contributed by atoms with Crippen LogP contribution in [0, 0.1) is 16.6 Å². The van der Waals surface area contributed by atoms with Gasteiger partial charge in [0, 0.05) is 49.4 Å². The Morgan fingerprint density at radius 1 is 1.19 bits per heavy atom. The number of alkyl halides is 2. The van der Waals surface area contributed by atoms with Crippen molar-refractivity contribution in [2.75, 3.05) is 14.1 Å². The van der Waals surface area contributed by atoms with E-state index in [0.717, 1.165) is 12.3 Å². The van der Waals surface area contributed by atoms with Crippen LogP contribution in [0.4, 0.5) is 13.2 Å². The maximum Gasteiger partial charge on any atom is 0.266 e. The monoisotopic (exact) mass is 432 g/mol. The van der Waals surface area contributed by atoms with Gasteiger partial charge in [-0.3, -0.25) is 15.2 Å². The summed E-state index contributed by atoms with van der Waals surface area (Å²) in [7, 11) is 3.07. The van der Waals surface area contributed by atoms with Crippen molar-refractivity contribution in [3.8, 4) is 0 Å². The molecule has 1 atom stereocenters. The second-order valence-corrected chi connectivity index (χ2v) is 6.52. The quantitative estimate of drug-likeness (QED) is 0.325. The highest BCUT2D eigenvalue weighted by atomic mass is 19.3.